The number of rotatable bonds is 4. The van der Waals surface area contributed by atoms with Gasteiger partial charge in [-0.25, -0.2) is 17.5 Å². The highest BCUT2D eigenvalue weighted by Crippen LogP contribution is 2.22. The summed E-state index contributed by atoms with van der Waals surface area (Å²) in [5, 5.41) is 0. The minimum absolute atomic E-state index is 0.0770. The van der Waals surface area contributed by atoms with Gasteiger partial charge in [-0.15, -0.1) is 0 Å². The van der Waals surface area contributed by atoms with Crippen LogP contribution in [-0.4, -0.2) is 41.7 Å². The first-order valence-corrected chi connectivity index (χ1v) is 9.71. The summed E-state index contributed by atoms with van der Waals surface area (Å²) in [6.45, 7) is 2.98. The first-order chi connectivity index (χ1) is 12.0. The summed E-state index contributed by atoms with van der Waals surface area (Å²) in [7, 11) is -3.95. The zero-order valence-electron chi connectivity index (χ0n) is 14.1. The maximum Gasteiger partial charge on any atom is 0.334 e. The van der Waals surface area contributed by atoms with Crippen molar-refractivity contribution in [1.82, 2.24) is 14.2 Å². The van der Waals surface area contributed by atoms with Crippen molar-refractivity contribution in [3.63, 3.8) is 0 Å². The van der Waals surface area contributed by atoms with Gasteiger partial charge in [0.05, 0.1) is 17.1 Å². The van der Waals surface area contributed by atoms with Gasteiger partial charge in [0.15, 0.2) is 0 Å². The van der Waals surface area contributed by atoms with Crippen LogP contribution < -0.4 is 0 Å². The van der Waals surface area contributed by atoms with E-state index in [4.69, 9.17) is 0 Å². The number of carbonyl (C=O) groups is 1. The van der Waals surface area contributed by atoms with Gasteiger partial charge >= 0.3 is 6.03 Å². The lowest BCUT2D eigenvalue weighted by Gasteiger charge is -2.27. The SMILES string of the molecule is Cc1ccc(S(=O)(=O)N(Cc2ccccn2)C(=O)N2CCCC2)cc1. The molecule has 132 valence electrons. The van der Waals surface area contributed by atoms with Crippen LogP contribution >= 0.6 is 0 Å². The lowest BCUT2D eigenvalue weighted by molar-refractivity contribution is 0.186. The predicted molar refractivity (Wildman–Crippen MR) is 94.3 cm³/mol. The van der Waals surface area contributed by atoms with E-state index in [-0.39, 0.29) is 11.4 Å². The number of carbonyl (C=O) groups excluding carboxylic acids is 1. The summed E-state index contributed by atoms with van der Waals surface area (Å²) in [5.74, 6) is 0. The predicted octanol–water partition coefficient (Wildman–Crippen LogP) is 2.80. The molecule has 0 atom stereocenters. The molecule has 0 aliphatic carbocycles. The van der Waals surface area contributed by atoms with Gasteiger partial charge in [-0.1, -0.05) is 23.8 Å². The van der Waals surface area contributed by atoms with Gasteiger partial charge in [0.1, 0.15) is 0 Å². The smallest absolute Gasteiger partial charge is 0.324 e. The molecule has 1 aromatic heterocycles. The molecule has 1 fully saturated rings. The molecule has 6 nitrogen and oxygen atoms in total. The molecule has 2 heterocycles. The van der Waals surface area contributed by atoms with E-state index in [0.29, 0.717) is 18.8 Å². The van der Waals surface area contributed by atoms with Crippen molar-refractivity contribution in [1.29, 1.82) is 0 Å². The van der Waals surface area contributed by atoms with E-state index in [9.17, 15) is 13.2 Å². The molecular formula is C18H21N3O3S. The molecule has 0 radical (unpaired) electrons. The average Bonchev–Trinajstić information content (AvgIpc) is 3.15. The monoisotopic (exact) mass is 359 g/mol. The highest BCUT2D eigenvalue weighted by molar-refractivity contribution is 7.89. The van der Waals surface area contributed by atoms with Crippen molar-refractivity contribution in [2.45, 2.75) is 31.2 Å². The number of nitrogens with zero attached hydrogens (tertiary/aromatic N) is 3. The molecule has 1 aliphatic rings. The Kier molecular flexibility index (Phi) is 5.03. The molecule has 0 saturated carbocycles. The van der Waals surface area contributed by atoms with Crippen LogP contribution in [-0.2, 0) is 16.6 Å². The van der Waals surface area contributed by atoms with Gasteiger partial charge < -0.3 is 4.90 Å². The van der Waals surface area contributed by atoms with E-state index >= 15 is 0 Å². The van der Waals surface area contributed by atoms with E-state index < -0.39 is 16.1 Å². The van der Waals surface area contributed by atoms with Crippen molar-refractivity contribution in [3.05, 3.63) is 59.9 Å². The maximum absolute atomic E-state index is 13.1. The number of sulfonamides is 1. The van der Waals surface area contributed by atoms with Crippen LogP contribution in [0.15, 0.2) is 53.6 Å². The fourth-order valence-corrected chi connectivity index (χ4v) is 4.16. The van der Waals surface area contributed by atoms with Gasteiger partial charge in [0.2, 0.25) is 0 Å². The summed E-state index contributed by atoms with van der Waals surface area (Å²) in [4.78, 5) is 18.8. The second-order valence-corrected chi connectivity index (χ2v) is 7.98. The molecule has 0 N–H and O–H groups in total. The van der Waals surface area contributed by atoms with Crippen molar-refractivity contribution >= 4 is 16.1 Å². The van der Waals surface area contributed by atoms with Crippen LogP contribution in [0.4, 0.5) is 4.79 Å². The van der Waals surface area contributed by atoms with Crippen LogP contribution in [0.25, 0.3) is 0 Å². The molecule has 0 unspecified atom stereocenters. The lowest BCUT2D eigenvalue weighted by atomic mass is 10.2. The van der Waals surface area contributed by atoms with Gasteiger partial charge in [-0.2, -0.15) is 0 Å². The normalized spacial score (nSPS) is 14.5. The minimum atomic E-state index is -3.95. The zero-order valence-corrected chi connectivity index (χ0v) is 14.9. The second-order valence-electron chi connectivity index (χ2n) is 6.12. The highest BCUT2D eigenvalue weighted by atomic mass is 32.2. The molecule has 3 rings (SSSR count). The first kappa shape index (κ1) is 17.4. The Labute approximate surface area is 148 Å². The maximum atomic E-state index is 13.1. The standard InChI is InChI=1S/C18H21N3O3S/c1-15-7-9-17(10-8-15)25(23,24)21(14-16-6-2-3-11-19-16)18(22)20-12-4-5-13-20/h2-3,6-11H,4-5,12-14H2,1H3. The van der Waals surface area contributed by atoms with E-state index in [1.807, 2.05) is 6.92 Å². The lowest BCUT2D eigenvalue weighted by Crippen LogP contribution is -2.44. The van der Waals surface area contributed by atoms with Gasteiger partial charge in [0.25, 0.3) is 10.0 Å². The third kappa shape index (κ3) is 3.82. The van der Waals surface area contributed by atoms with E-state index in [1.165, 1.54) is 12.1 Å². The van der Waals surface area contributed by atoms with Crippen molar-refractivity contribution < 1.29 is 13.2 Å². The first-order valence-electron chi connectivity index (χ1n) is 8.27. The average molecular weight is 359 g/mol. The van der Waals surface area contributed by atoms with Crippen LogP contribution in [0.5, 0.6) is 0 Å². The fraction of sp³-hybridized carbons (Fsp3) is 0.333. The minimum Gasteiger partial charge on any atom is -0.324 e. The number of hydrogen-bond donors (Lipinski definition) is 0. The molecular weight excluding hydrogens is 338 g/mol. The number of hydrogen-bond acceptors (Lipinski definition) is 4. The third-order valence-corrected chi connectivity index (χ3v) is 5.96. The third-order valence-electron chi connectivity index (χ3n) is 4.23. The van der Waals surface area contributed by atoms with Crippen LogP contribution in [0.1, 0.15) is 24.1 Å². The van der Waals surface area contributed by atoms with Gasteiger partial charge in [0, 0.05) is 19.3 Å². The summed E-state index contributed by atoms with van der Waals surface area (Å²) < 4.78 is 27.1. The Balaban J connectivity index is 1.97. The topological polar surface area (TPSA) is 70.6 Å². The van der Waals surface area contributed by atoms with Gasteiger partial charge in [-0.3, -0.25) is 4.98 Å². The molecule has 1 saturated heterocycles. The number of aryl methyl sites for hydroxylation is 1. The number of urea groups is 1. The largest absolute Gasteiger partial charge is 0.334 e. The number of benzene rings is 1. The zero-order chi connectivity index (χ0) is 17.9. The molecule has 25 heavy (non-hydrogen) atoms. The Morgan fingerprint density at radius 3 is 2.40 bits per heavy atom. The van der Waals surface area contributed by atoms with E-state index in [2.05, 4.69) is 4.98 Å². The quantitative estimate of drug-likeness (QED) is 0.842. The van der Waals surface area contributed by atoms with Crippen molar-refractivity contribution in [3.8, 4) is 0 Å². The Morgan fingerprint density at radius 1 is 1.12 bits per heavy atom. The summed E-state index contributed by atoms with van der Waals surface area (Å²) in [6, 6.07) is 11.3. The molecule has 1 aliphatic heterocycles. The molecule has 1 aromatic carbocycles. The molecule has 7 heteroatoms. The summed E-state index contributed by atoms with van der Waals surface area (Å²) >= 11 is 0. The van der Waals surface area contributed by atoms with Crippen LogP contribution in [0.3, 0.4) is 0 Å². The van der Waals surface area contributed by atoms with E-state index in [0.717, 1.165) is 22.7 Å². The number of amides is 2. The molecule has 2 aromatic rings. The van der Waals surface area contributed by atoms with Crippen molar-refractivity contribution in [2.24, 2.45) is 0 Å². The number of aromatic nitrogens is 1. The van der Waals surface area contributed by atoms with Crippen LogP contribution in [0, 0.1) is 6.92 Å². The van der Waals surface area contributed by atoms with Crippen molar-refractivity contribution in [2.75, 3.05) is 13.1 Å². The highest BCUT2D eigenvalue weighted by Gasteiger charge is 2.34. The number of pyridine rings is 1. The second kappa shape index (κ2) is 7.23. The molecule has 0 spiro atoms. The Bertz CT molecular complexity index is 830. The molecule has 2 amide bonds. The Hall–Kier alpha value is -2.41. The fourth-order valence-electron chi connectivity index (χ4n) is 2.80. The van der Waals surface area contributed by atoms with Gasteiger partial charge in [-0.05, 0) is 44.0 Å². The molecule has 0 bridgehead atoms. The Morgan fingerprint density at radius 2 is 1.80 bits per heavy atom. The van der Waals surface area contributed by atoms with E-state index in [1.54, 1.807) is 41.4 Å². The summed E-state index contributed by atoms with van der Waals surface area (Å²) in [5.41, 5.74) is 1.49. The summed E-state index contributed by atoms with van der Waals surface area (Å²) in [6.07, 6.45) is 3.38. The number of likely N-dealkylation sites (tertiary alicyclic amines) is 1. The van der Waals surface area contributed by atoms with Crippen LogP contribution in [0.2, 0.25) is 0 Å².